The average molecular weight is 320 g/mol. The predicted molar refractivity (Wildman–Crippen MR) is 85.4 cm³/mol. The van der Waals surface area contributed by atoms with Crippen LogP contribution >= 0.6 is 0 Å². The van der Waals surface area contributed by atoms with Crippen molar-refractivity contribution in [3.8, 4) is 11.5 Å². The van der Waals surface area contributed by atoms with Crippen LogP contribution in [0.4, 0.5) is 0 Å². The minimum absolute atomic E-state index is 0.00334. The van der Waals surface area contributed by atoms with Crippen LogP contribution in [0.5, 0.6) is 11.5 Å². The van der Waals surface area contributed by atoms with Gasteiger partial charge in [0, 0.05) is 5.56 Å². The molecule has 0 bridgehead atoms. The number of phenols is 2. The molecule has 0 fully saturated rings. The topological polar surface area (TPSA) is 74.6 Å². The van der Waals surface area contributed by atoms with Gasteiger partial charge in [-0.1, -0.05) is 6.07 Å². The lowest BCUT2D eigenvalue weighted by Crippen LogP contribution is -2.08. The first-order valence-corrected chi connectivity index (χ1v) is 8.40. The van der Waals surface area contributed by atoms with E-state index in [1.807, 2.05) is 0 Å². The van der Waals surface area contributed by atoms with E-state index in [9.17, 15) is 18.6 Å². The standard InChI is InChI=1S/C17H20O4S/c1-9-6-12(4)17(13(5)16(9)19)22(20,21)14-7-10(2)15(18)11(3)8-14/h6-8,18-19H,1-5H3. The van der Waals surface area contributed by atoms with Crippen LogP contribution < -0.4 is 0 Å². The van der Waals surface area contributed by atoms with E-state index in [4.69, 9.17) is 0 Å². The molecule has 0 unspecified atom stereocenters. The van der Waals surface area contributed by atoms with Gasteiger partial charge in [0.15, 0.2) is 0 Å². The number of rotatable bonds is 2. The Morgan fingerprint density at radius 1 is 0.727 bits per heavy atom. The molecule has 0 atom stereocenters. The second-order valence-corrected chi connectivity index (χ2v) is 7.61. The van der Waals surface area contributed by atoms with Crippen molar-refractivity contribution in [2.75, 3.05) is 0 Å². The van der Waals surface area contributed by atoms with Crippen molar-refractivity contribution in [2.45, 2.75) is 44.4 Å². The van der Waals surface area contributed by atoms with E-state index >= 15 is 0 Å². The summed E-state index contributed by atoms with van der Waals surface area (Å²) < 4.78 is 25.9. The van der Waals surface area contributed by atoms with Gasteiger partial charge in [0.1, 0.15) is 11.5 Å². The van der Waals surface area contributed by atoms with Gasteiger partial charge >= 0.3 is 0 Å². The summed E-state index contributed by atoms with van der Waals surface area (Å²) in [5.74, 6) is 0.0931. The van der Waals surface area contributed by atoms with Crippen molar-refractivity contribution in [3.63, 3.8) is 0 Å². The number of sulfone groups is 1. The van der Waals surface area contributed by atoms with Crippen LogP contribution in [0.25, 0.3) is 0 Å². The second kappa shape index (κ2) is 5.32. The molecule has 0 radical (unpaired) electrons. The molecular formula is C17H20O4S. The van der Waals surface area contributed by atoms with Crippen molar-refractivity contribution < 1.29 is 18.6 Å². The molecule has 0 amide bonds. The molecule has 0 aliphatic heterocycles. The minimum Gasteiger partial charge on any atom is -0.507 e. The third-order valence-electron chi connectivity index (χ3n) is 3.90. The van der Waals surface area contributed by atoms with Crippen LogP contribution in [-0.2, 0) is 9.84 Å². The molecule has 2 aromatic carbocycles. The maximum Gasteiger partial charge on any atom is 0.207 e. The summed E-state index contributed by atoms with van der Waals surface area (Å²) in [6.07, 6.45) is 0. The molecule has 5 heteroatoms. The maximum absolute atomic E-state index is 13.0. The van der Waals surface area contributed by atoms with Crippen molar-refractivity contribution in [3.05, 3.63) is 46.0 Å². The lowest BCUT2D eigenvalue weighted by atomic mass is 10.1. The smallest absolute Gasteiger partial charge is 0.207 e. The summed E-state index contributed by atoms with van der Waals surface area (Å²) in [5.41, 5.74) is 2.60. The quantitative estimate of drug-likeness (QED) is 0.888. The summed E-state index contributed by atoms with van der Waals surface area (Å²) in [6.45, 7) is 8.37. The van der Waals surface area contributed by atoms with Crippen LogP contribution in [0.3, 0.4) is 0 Å². The number of phenolic OH excluding ortho intramolecular Hbond substituents is 2. The van der Waals surface area contributed by atoms with Crippen LogP contribution in [-0.4, -0.2) is 18.6 Å². The highest BCUT2D eigenvalue weighted by molar-refractivity contribution is 7.91. The molecule has 2 N–H and O–H groups in total. The summed E-state index contributed by atoms with van der Waals surface area (Å²) in [4.78, 5) is 0.245. The first kappa shape index (κ1) is 16.4. The lowest BCUT2D eigenvalue weighted by Gasteiger charge is -2.15. The van der Waals surface area contributed by atoms with Crippen LogP contribution in [0.1, 0.15) is 27.8 Å². The van der Waals surface area contributed by atoms with E-state index in [1.165, 1.54) is 12.1 Å². The molecule has 2 aromatic rings. The highest BCUT2D eigenvalue weighted by Gasteiger charge is 2.25. The van der Waals surface area contributed by atoms with Crippen LogP contribution in [0.2, 0.25) is 0 Å². The third kappa shape index (κ3) is 2.46. The zero-order valence-electron chi connectivity index (χ0n) is 13.4. The van der Waals surface area contributed by atoms with E-state index in [-0.39, 0.29) is 21.3 Å². The summed E-state index contributed by atoms with van der Waals surface area (Å²) in [5, 5.41) is 19.9. The van der Waals surface area contributed by atoms with Gasteiger partial charge in [0.2, 0.25) is 9.84 Å². The largest absolute Gasteiger partial charge is 0.507 e. The number of aryl methyl sites for hydroxylation is 4. The Morgan fingerprint density at radius 3 is 1.68 bits per heavy atom. The highest BCUT2D eigenvalue weighted by Crippen LogP contribution is 2.36. The van der Waals surface area contributed by atoms with E-state index < -0.39 is 9.84 Å². The summed E-state index contributed by atoms with van der Waals surface area (Å²) >= 11 is 0. The van der Waals surface area contributed by atoms with Gasteiger partial charge in [0.05, 0.1) is 9.79 Å². The minimum atomic E-state index is -3.77. The average Bonchev–Trinajstić information content (AvgIpc) is 2.41. The zero-order valence-corrected chi connectivity index (χ0v) is 14.2. The van der Waals surface area contributed by atoms with Gasteiger partial charge < -0.3 is 10.2 Å². The molecule has 0 aliphatic carbocycles. The molecule has 0 saturated carbocycles. The first-order valence-electron chi connectivity index (χ1n) is 6.92. The van der Waals surface area contributed by atoms with Gasteiger partial charge in [-0.2, -0.15) is 0 Å². The number of hydrogen-bond acceptors (Lipinski definition) is 4. The Bertz CT molecular complexity index is 842. The van der Waals surface area contributed by atoms with Crippen molar-refractivity contribution >= 4 is 9.84 Å². The molecule has 118 valence electrons. The fraction of sp³-hybridized carbons (Fsp3) is 0.294. The molecule has 22 heavy (non-hydrogen) atoms. The molecule has 2 rings (SSSR count). The lowest BCUT2D eigenvalue weighted by molar-refractivity contribution is 0.463. The van der Waals surface area contributed by atoms with Crippen molar-refractivity contribution in [1.82, 2.24) is 0 Å². The summed E-state index contributed by atoms with van der Waals surface area (Å²) in [7, 11) is -3.77. The summed E-state index contributed by atoms with van der Waals surface area (Å²) in [6, 6.07) is 4.57. The van der Waals surface area contributed by atoms with Crippen LogP contribution in [0, 0.1) is 34.6 Å². The Labute approximate surface area is 131 Å². The normalized spacial score (nSPS) is 11.7. The monoisotopic (exact) mass is 320 g/mol. The highest BCUT2D eigenvalue weighted by atomic mass is 32.2. The zero-order chi connectivity index (χ0) is 16.8. The van der Waals surface area contributed by atoms with Crippen molar-refractivity contribution in [1.29, 1.82) is 0 Å². The molecule has 0 saturated heterocycles. The molecule has 0 aliphatic rings. The number of benzene rings is 2. The van der Waals surface area contributed by atoms with E-state index in [0.717, 1.165) is 0 Å². The Hall–Kier alpha value is -2.01. The Balaban J connectivity index is 2.80. The first-order chi connectivity index (χ1) is 10.1. The molecule has 0 heterocycles. The molecule has 0 spiro atoms. The van der Waals surface area contributed by atoms with Gasteiger partial charge in [-0.3, -0.25) is 0 Å². The molecule has 0 aromatic heterocycles. The fourth-order valence-corrected chi connectivity index (χ4v) is 4.64. The Morgan fingerprint density at radius 2 is 1.18 bits per heavy atom. The molecule has 4 nitrogen and oxygen atoms in total. The van der Waals surface area contributed by atoms with Gasteiger partial charge in [-0.25, -0.2) is 8.42 Å². The number of hydrogen-bond donors (Lipinski definition) is 2. The fourth-order valence-electron chi connectivity index (χ4n) is 2.76. The van der Waals surface area contributed by atoms with Crippen molar-refractivity contribution in [2.24, 2.45) is 0 Å². The predicted octanol–water partition coefficient (Wildman–Crippen LogP) is 3.47. The number of aromatic hydroxyl groups is 2. The van der Waals surface area contributed by atoms with E-state index in [1.54, 1.807) is 40.7 Å². The van der Waals surface area contributed by atoms with E-state index in [0.29, 0.717) is 27.8 Å². The Kier molecular flexibility index (Phi) is 3.96. The van der Waals surface area contributed by atoms with Crippen LogP contribution in [0.15, 0.2) is 28.0 Å². The molecular weight excluding hydrogens is 300 g/mol. The van der Waals surface area contributed by atoms with Gasteiger partial charge in [0.25, 0.3) is 0 Å². The van der Waals surface area contributed by atoms with E-state index in [2.05, 4.69) is 0 Å². The second-order valence-electron chi connectivity index (χ2n) is 5.72. The van der Waals surface area contributed by atoms with Gasteiger partial charge in [-0.05, 0) is 69.0 Å². The van der Waals surface area contributed by atoms with Gasteiger partial charge in [-0.15, -0.1) is 0 Å². The third-order valence-corrected chi connectivity index (χ3v) is 5.93. The SMILES string of the molecule is Cc1cc(S(=O)(=O)c2c(C)cc(C)c(O)c2C)cc(C)c1O. The maximum atomic E-state index is 13.0.